The SMILES string of the molecule is CC(C)CN1c2ccc(Cl)cc2NC(=O)[C@H](c2cccc(Cl)c2F)[C@@H]([N+](=O)[O-])[C@H]1CO. The van der Waals surface area contributed by atoms with Gasteiger partial charge >= 0.3 is 0 Å². The molecule has 0 bridgehead atoms. The van der Waals surface area contributed by atoms with E-state index in [-0.39, 0.29) is 16.5 Å². The topological polar surface area (TPSA) is 95.7 Å². The average molecular weight is 470 g/mol. The van der Waals surface area contributed by atoms with E-state index in [0.29, 0.717) is 22.9 Å². The van der Waals surface area contributed by atoms with Crippen molar-refractivity contribution in [1.82, 2.24) is 0 Å². The number of nitrogens with zero attached hydrogens (tertiary/aromatic N) is 2. The highest BCUT2D eigenvalue weighted by Gasteiger charge is 2.49. The van der Waals surface area contributed by atoms with Crippen molar-refractivity contribution in [2.45, 2.75) is 31.8 Å². The first-order valence-corrected chi connectivity index (χ1v) is 10.5. The minimum atomic E-state index is -1.64. The number of carbonyl (C=O) groups is 1. The Morgan fingerprint density at radius 3 is 2.61 bits per heavy atom. The molecule has 31 heavy (non-hydrogen) atoms. The summed E-state index contributed by atoms with van der Waals surface area (Å²) >= 11 is 12.0. The number of hydrogen-bond donors (Lipinski definition) is 2. The van der Waals surface area contributed by atoms with Gasteiger partial charge in [0.1, 0.15) is 17.8 Å². The first-order valence-electron chi connectivity index (χ1n) is 9.71. The molecular formula is C21H22Cl2FN3O4. The number of nitrogens with one attached hydrogen (secondary N) is 1. The molecule has 7 nitrogen and oxygen atoms in total. The Bertz CT molecular complexity index is 1000. The Morgan fingerprint density at radius 2 is 2.00 bits per heavy atom. The number of aliphatic hydroxyl groups excluding tert-OH is 1. The van der Waals surface area contributed by atoms with Gasteiger partial charge in [0.2, 0.25) is 5.91 Å². The number of carbonyl (C=O) groups excluding carboxylic acids is 1. The second-order valence-electron chi connectivity index (χ2n) is 7.84. The minimum absolute atomic E-state index is 0.0708. The summed E-state index contributed by atoms with van der Waals surface area (Å²) in [7, 11) is 0. The summed E-state index contributed by atoms with van der Waals surface area (Å²) in [6, 6.07) is 6.04. The predicted octanol–water partition coefficient (Wildman–Crippen LogP) is 4.34. The Morgan fingerprint density at radius 1 is 1.29 bits per heavy atom. The summed E-state index contributed by atoms with van der Waals surface area (Å²) in [5, 5.41) is 25.2. The van der Waals surface area contributed by atoms with Crippen LogP contribution in [-0.2, 0) is 4.79 Å². The summed E-state index contributed by atoms with van der Waals surface area (Å²) in [5.74, 6) is -3.15. The molecule has 1 aliphatic heterocycles. The lowest BCUT2D eigenvalue weighted by atomic mass is 9.84. The number of nitro groups is 1. The molecule has 0 aliphatic carbocycles. The molecule has 3 atom stereocenters. The maximum absolute atomic E-state index is 14.9. The maximum atomic E-state index is 14.9. The van der Waals surface area contributed by atoms with E-state index in [1.165, 1.54) is 24.3 Å². The third kappa shape index (κ3) is 4.61. The first kappa shape index (κ1) is 23.2. The molecule has 10 heteroatoms. The fraction of sp³-hybridized carbons (Fsp3) is 0.381. The van der Waals surface area contributed by atoms with E-state index in [9.17, 15) is 24.4 Å². The molecule has 0 saturated heterocycles. The van der Waals surface area contributed by atoms with Gasteiger partial charge in [-0.3, -0.25) is 14.9 Å². The van der Waals surface area contributed by atoms with Crippen molar-refractivity contribution < 1.29 is 19.2 Å². The van der Waals surface area contributed by atoms with Crippen LogP contribution >= 0.6 is 23.2 Å². The van der Waals surface area contributed by atoms with E-state index >= 15 is 0 Å². The lowest BCUT2D eigenvalue weighted by molar-refractivity contribution is -0.528. The van der Waals surface area contributed by atoms with Crippen LogP contribution in [0.1, 0.15) is 25.3 Å². The van der Waals surface area contributed by atoms with Crippen molar-refractivity contribution in [2.75, 3.05) is 23.4 Å². The molecule has 1 aliphatic rings. The summed E-state index contributed by atoms with van der Waals surface area (Å²) in [5.41, 5.74) is 0.605. The largest absolute Gasteiger partial charge is 0.394 e. The van der Waals surface area contributed by atoms with Gasteiger partial charge in [-0.25, -0.2) is 4.39 Å². The average Bonchev–Trinajstić information content (AvgIpc) is 2.68. The normalized spacial score (nSPS) is 21.3. The molecule has 0 fully saturated rings. The number of hydrogen-bond acceptors (Lipinski definition) is 5. The standard InChI is InChI=1S/C21H22Cl2FN3O4/c1-11(2)9-26-16-7-6-12(22)8-15(16)25-21(29)18(20(27(30)31)17(26)10-28)13-4-3-5-14(23)19(13)24/h3-8,11,17-18,20,28H,9-10H2,1-2H3,(H,25,29)/t17-,18-,20+/m1/s1. The smallest absolute Gasteiger partial charge is 0.251 e. The van der Waals surface area contributed by atoms with E-state index < -0.39 is 41.3 Å². The summed E-state index contributed by atoms with van der Waals surface area (Å²) in [6.07, 6.45) is 0. The van der Waals surface area contributed by atoms with Crippen LogP contribution in [0.25, 0.3) is 0 Å². The molecule has 0 aromatic heterocycles. The Kier molecular flexibility index (Phi) is 7.03. The van der Waals surface area contributed by atoms with Gasteiger partial charge in [-0.15, -0.1) is 0 Å². The zero-order valence-corrected chi connectivity index (χ0v) is 18.4. The summed E-state index contributed by atoms with van der Waals surface area (Å²) in [4.78, 5) is 26.5. The van der Waals surface area contributed by atoms with E-state index in [1.807, 2.05) is 13.8 Å². The molecule has 2 aromatic carbocycles. The number of fused-ring (bicyclic) bond motifs is 1. The van der Waals surface area contributed by atoms with Gasteiger partial charge in [0.15, 0.2) is 0 Å². The third-order valence-corrected chi connectivity index (χ3v) is 5.78. The minimum Gasteiger partial charge on any atom is -0.394 e. The molecule has 0 unspecified atom stereocenters. The van der Waals surface area contributed by atoms with Gasteiger partial charge in [-0.2, -0.15) is 0 Å². The molecule has 0 spiro atoms. The zero-order chi connectivity index (χ0) is 22.9. The van der Waals surface area contributed by atoms with Crippen LogP contribution in [0, 0.1) is 21.8 Å². The van der Waals surface area contributed by atoms with E-state index in [1.54, 1.807) is 17.0 Å². The van der Waals surface area contributed by atoms with Crippen LogP contribution in [0.2, 0.25) is 10.0 Å². The summed E-state index contributed by atoms with van der Waals surface area (Å²) in [6.45, 7) is 3.59. The van der Waals surface area contributed by atoms with Crippen molar-refractivity contribution >= 4 is 40.5 Å². The lowest BCUT2D eigenvalue weighted by Crippen LogP contribution is -2.56. The molecule has 1 amide bonds. The number of halogens is 3. The molecule has 2 N–H and O–H groups in total. The van der Waals surface area contributed by atoms with Gasteiger partial charge in [-0.1, -0.05) is 49.2 Å². The van der Waals surface area contributed by atoms with Crippen molar-refractivity contribution in [3.63, 3.8) is 0 Å². The van der Waals surface area contributed by atoms with Crippen LogP contribution < -0.4 is 10.2 Å². The quantitative estimate of drug-likeness (QED) is 0.501. The molecule has 0 radical (unpaired) electrons. The highest BCUT2D eigenvalue weighted by molar-refractivity contribution is 6.31. The number of aliphatic hydroxyl groups is 1. The number of rotatable bonds is 5. The number of amides is 1. The molecule has 1 heterocycles. The van der Waals surface area contributed by atoms with Crippen molar-refractivity contribution in [3.8, 4) is 0 Å². The van der Waals surface area contributed by atoms with E-state index in [4.69, 9.17) is 23.2 Å². The molecule has 3 rings (SSSR count). The Labute approximate surface area is 188 Å². The van der Waals surface area contributed by atoms with Crippen molar-refractivity contribution in [2.24, 2.45) is 5.92 Å². The van der Waals surface area contributed by atoms with Crippen molar-refractivity contribution in [1.29, 1.82) is 0 Å². The third-order valence-electron chi connectivity index (χ3n) is 5.25. The highest BCUT2D eigenvalue weighted by atomic mass is 35.5. The second kappa shape index (κ2) is 9.38. The highest BCUT2D eigenvalue weighted by Crippen LogP contribution is 2.39. The first-order chi connectivity index (χ1) is 14.6. The second-order valence-corrected chi connectivity index (χ2v) is 8.69. The summed E-state index contributed by atoms with van der Waals surface area (Å²) < 4.78 is 14.9. The van der Waals surface area contributed by atoms with Crippen LogP contribution in [0.15, 0.2) is 36.4 Å². The van der Waals surface area contributed by atoms with Gasteiger partial charge in [0.25, 0.3) is 6.04 Å². The van der Waals surface area contributed by atoms with Gasteiger partial charge in [0, 0.05) is 22.1 Å². The lowest BCUT2D eigenvalue weighted by Gasteiger charge is -2.40. The van der Waals surface area contributed by atoms with Crippen molar-refractivity contribution in [3.05, 3.63) is 67.9 Å². The molecule has 0 saturated carbocycles. The van der Waals surface area contributed by atoms with Crippen LogP contribution in [0.4, 0.5) is 15.8 Å². The molecular weight excluding hydrogens is 448 g/mol. The monoisotopic (exact) mass is 469 g/mol. The van der Waals surface area contributed by atoms with E-state index in [2.05, 4.69) is 5.32 Å². The molecule has 2 aromatic rings. The van der Waals surface area contributed by atoms with Crippen LogP contribution in [0.5, 0.6) is 0 Å². The fourth-order valence-electron chi connectivity index (χ4n) is 3.99. The van der Waals surface area contributed by atoms with Gasteiger partial charge in [0.05, 0.1) is 23.0 Å². The van der Waals surface area contributed by atoms with Crippen LogP contribution in [-0.4, -0.2) is 41.2 Å². The predicted molar refractivity (Wildman–Crippen MR) is 118 cm³/mol. The zero-order valence-electron chi connectivity index (χ0n) is 16.9. The van der Waals surface area contributed by atoms with Crippen LogP contribution in [0.3, 0.4) is 0 Å². The van der Waals surface area contributed by atoms with Gasteiger partial charge in [-0.05, 0) is 30.2 Å². The van der Waals surface area contributed by atoms with E-state index in [0.717, 1.165) is 0 Å². The number of benzene rings is 2. The molecule has 166 valence electrons. The Hall–Kier alpha value is -2.42. The van der Waals surface area contributed by atoms with Gasteiger partial charge < -0.3 is 15.3 Å². The fourth-order valence-corrected chi connectivity index (χ4v) is 4.35. The Balaban J connectivity index is 2.28. The number of anilines is 2. The maximum Gasteiger partial charge on any atom is 0.251 e.